The molecule has 0 spiro atoms. The van der Waals surface area contributed by atoms with Crippen LogP contribution in [0.2, 0.25) is 0 Å². The molecule has 3 heteroatoms. The highest BCUT2D eigenvalue weighted by Crippen LogP contribution is 2.40. The number of rotatable bonds is 6. The molecule has 1 fully saturated rings. The number of nitrogens with two attached hydrogens (primary N) is 1. The van der Waals surface area contributed by atoms with Gasteiger partial charge in [-0.15, -0.1) is 0 Å². The predicted octanol–water partition coefficient (Wildman–Crippen LogP) is 4.43. The van der Waals surface area contributed by atoms with Crippen LogP contribution in [0.4, 0.5) is 0 Å². The standard InChI is InChI=1S/C17H30N2S/c1-4-15(18)16(14-7-12-20-13-14)19-10-8-17(5-2,6-3)9-11-19/h7,12-13,15-16H,4-6,8-11,18H2,1-3H3. The van der Waals surface area contributed by atoms with Crippen molar-refractivity contribution in [3.63, 3.8) is 0 Å². The smallest absolute Gasteiger partial charge is 0.0507 e. The second kappa shape index (κ2) is 7.06. The third-order valence-corrected chi connectivity index (χ3v) is 6.22. The maximum Gasteiger partial charge on any atom is 0.0507 e. The molecule has 2 N–H and O–H groups in total. The fourth-order valence-corrected chi connectivity index (χ4v) is 4.32. The van der Waals surface area contributed by atoms with Crippen molar-refractivity contribution >= 4 is 11.3 Å². The molecule has 0 radical (unpaired) electrons. The summed E-state index contributed by atoms with van der Waals surface area (Å²) in [7, 11) is 0. The van der Waals surface area contributed by atoms with Gasteiger partial charge in [0.05, 0.1) is 6.04 Å². The molecule has 1 aromatic rings. The van der Waals surface area contributed by atoms with Gasteiger partial charge in [-0.25, -0.2) is 0 Å². The number of thiophene rings is 1. The normalized spacial score (nSPS) is 22.6. The Bertz CT molecular complexity index is 374. The predicted molar refractivity (Wildman–Crippen MR) is 89.1 cm³/mol. The molecule has 1 aliphatic heterocycles. The second-order valence-corrected chi connectivity index (χ2v) is 7.10. The van der Waals surface area contributed by atoms with Crippen molar-refractivity contribution in [1.82, 2.24) is 4.90 Å². The van der Waals surface area contributed by atoms with Crippen molar-refractivity contribution in [1.29, 1.82) is 0 Å². The Labute approximate surface area is 128 Å². The Balaban J connectivity index is 2.09. The number of hydrogen-bond acceptors (Lipinski definition) is 3. The van der Waals surface area contributed by atoms with Gasteiger partial charge >= 0.3 is 0 Å². The molecular weight excluding hydrogens is 264 g/mol. The van der Waals surface area contributed by atoms with E-state index >= 15 is 0 Å². The van der Waals surface area contributed by atoms with Crippen LogP contribution in [0, 0.1) is 5.41 Å². The van der Waals surface area contributed by atoms with Crippen LogP contribution in [0.5, 0.6) is 0 Å². The third kappa shape index (κ3) is 3.26. The van der Waals surface area contributed by atoms with Crippen LogP contribution in [-0.2, 0) is 0 Å². The zero-order valence-corrected chi connectivity index (χ0v) is 14.1. The van der Waals surface area contributed by atoms with Gasteiger partial charge in [0.1, 0.15) is 0 Å². The quantitative estimate of drug-likeness (QED) is 0.841. The fourth-order valence-electron chi connectivity index (χ4n) is 3.63. The summed E-state index contributed by atoms with van der Waals surface area (Å²) >= 11 is 1.79. The number of nitrogens with zero attached hydrogens (tertiary/aromatic N) is 1. The first-order chi connectivity index (χ1) is 9.65. The minimum Gasteiger partial charge on any atom is -0.326 e. The first kappa shape index (κ1) is 16.0. The van der Waals surface area contributed by atoms with E-state index in [2.05, 4.69) is 42.5 Å². The minimum atomic E-state index is 0.250. The number of hydrogen-bond donors (Lipinski definition) is 1. The van der Waals surface area contributed by atoms with E-state index < -0.39 is 0 Å². The van der Waals surface area contributed by atoms with Gasteiger partial charge in [0.2, 0.25) is 0 Å². The summed E-state index contributed by atoms with van der Waals surface area (Å²) in [5.41, 5.74) is 8.45. The molecule has 0 amide bonds. The van der Waals surface area contributed by atoms with Gasteiger partial charge < -0.3 is 5.73 Å². The van der Waals surface area contributed by atoms with Crippen LogP contribution in [-0.4, -0.2) is 24.0 Å². The summed E-state index contributed by atoms with van der Waals surface area (Å²) in [6, 6.07) is 2.92. The molecule has 0 aliphatic carbocycles. The van der Waals surface area contributed by atoms with E-state index in [1.165, 1.54) is 44.3 Å². The van der Waals surface area contributed by atoms with Gasteiger partial charge in [0.25, 0.3) is 0 Å². The minimum absolute atomic E-state index is 0.250. The molecule has 2 atom stereocenters. The van der Waals surface area contributed by atoms with E-state index in [4.69, 9.17) is 5.73 Å². The number of piperidine rings is 1. The molecule has 0 aromatic carbocycles. The van der Waals surface area contributed by atoms with E-state index in [9.17, 15) is 0 Å². The maximum atomic E-state index is 6.43. The third-order valence-electron chi connectivity index (χ3n) is 5.51. The van der Waals surface area contributed by atoms with Gasteiger partial charge in [-0.3, -0.25) is 4.90 Å². The van der Waals surface area contributed by atoms with Crippen LogP contribution < -0.4 is 5.73 Å². The lowest BCUT2D eigenvalue weighted by Crippen LogP contribution is -2.47. The van der Waals surface area contributed by atoms with Crippen LogP contribution in [0.3, 0.4) is 0 Å². The van der Waals surface area contributed by atoms with E-state index in [1.807, 2.05) is 0 Å². The molecule has 1 aromatic heterocycles. The molecule has 114 valence electrons. The molecule has 0 bridgehead atoms. The molecular formula is C17H30N2S. The largest absolute Gasteiger partial charge is 0.326 e. The van der Waals surface area contributed by atoms with Crippen molar-refractivity contribution in [2.24, 2.45) is 11.1 Å². The molecule has 1 saturated heterocycles. The zero-order valence-electron chi connectivity index (χ0n) is 13.3. The van der Waals surface area contributed by atoms with E-state index in [1.54, 1.807) is 11.3 Å². The molecule has 2 rings (SSSR count). The van der Waals surface area contributed by atoms with Crippen LogP contribution in [0.15, 0.2) is 16.8 Å². The molecule has 0 saturated carbocycles. The van der Waals surface area contributed by atoms with Crippen molar-refractivity contribution in [2.75, 3.05) is 13.1 Å². The first-order valence-corrected chi connectivity index (χ1v) is 9.11. The Hall–Kier alpha value is -0.380. The number of likely N-dealkylation sites (tertiary alicyclic amines) is 1. The van der Waals surface area contributed by atoms with Crippen molar-refractivity contribution in [3.05, 3.63) is 22.4 Å². The lowest BCUT2D eigenvalue weighted by atomic mass is 9.73. The first-order valence-electron chi connectivity index (χ1n) is 8.17. The Morgan fingerprint density at radius 1 is 1.25 bits per heavy atom. The highest BCUT2D eigenvalue weighted by atomic mass is 32.1. The molecule has 2 heterocycles. The Morgan fingerprint density at radius 3 is 2.35 bits per heavy atom. The average Bonchev–Trinajstić information content (AvgIpc) is 3.02. The lowest BCUT2D eigenvalue weighted by Gasteiger charge is -2.45. The van der Waals surface area contributed by atoms with Crippen molar-refractivity contribution in [3.8, 4) is 0 Å². The maximum absolute atomic E-state index is 6.43. The summed E-state index contributed by atoms with van der Waals surface area (Å²) < 4.78 is 0. The summed E-state index contributed by atoms with van der Waals surface area (Å²) in [6.07, 6.45) is 6.35. The van der Waals surface area contributed by atoms with Crippen molar-refractivity contribution in [2.45, 2.75) is 65.0 Å². The van der Waals surface area contributed by atoms with Gasteiger partial charge in [-0.2, -0.15) is 11.3 Å². The second-order valence-electron chi connectivity index (χ2n) is 6.32. The summed E-state index contributed by atoms with van der Waals surface area (Å²) in [5, 5.41) is 4.46. The van der Waals surface area contributed by atoms with Crippen LogP contribution in [0.25, 0.3) is 0 Å². The fraction of sp³-hybridized carbons (Fsp3) is 0.765. The topological polar surface area (TPSA) is 29.3 Å². The molecule has 1 aliphatic rings. The van der Waals surface area contributed by atoms with E-state index in [-0.39, 0.29) is 6.04 Å². The van der Waals surface area contributed by atoms with E-state index in [0.29, 0.717) is 11.5 Å². The summed E-state index contributed by atoms with van der Waals surface area (Å²) in [6.45, 7) is 9.32. The summed E-state index contributed by atoms with van der Waals surface area (Å²) in [4.78, 5) is 2.64. The van der Waals surface area contributed by atoms with Crippen LogP contribution in [0.1, 0.15) is 64.5 Å². The van der Waals surface area contributed by atoms with Crippen molar-refractivity contribution < 1.29 is 0 Å². The van der Waals surface area contributed by atoms with Gasteiger partial charge in [0.15, 0.2) is 0 Å². The monoisotopic (exact) mass is 294 g/mol. The Morgan fingerprint density at radius 2 is 1.90 bits per heavy atom. The molecule has 2 nitrogen and oxygen atoms in total. The van der Waals surface area contributed by atoms with Crippen LogP contribution >= 0.6 is 11.3 Å². The average molecular weight is 295 g/mol. The lowest BCUT2D eigenvalue weighted by molar-refractivity contribution is 0.0564. The highest BCUT2D eigenvalue weighted by Gasteiger charge is 2.35. The van der Waals surface area contributed by atoms with Gasteiger partial charge in [-0.05, 0) is 60.2 Å². The zero-order chi connectivity index (χ0) is 14.6. The van der Waals surface area contributed by atoms with Gasteiger partial charge in [0, 0.05) is 6.04 Å². The molecule has 20 heavy (non-hydrogen) atoms. The SMILES string of the molecule is CCC(N)C(c1ccsc1)N1CCC(CC)(CC)CC1. The molecule has 2 unspecified atom stereocenters. The van der Waals surface area contributed by atoms with Gasteiger partial charge in [-0.1, -0.05) is 33.6 Å². The van der Waals surface area contributed by atoms with E-state index in [0.717, 1.165) is 6.42 Å². The Kier molecular flexibility index (Phi) is 5.65. The highest BCUT2D eigenvalue weighted by molar-refractivity contribution is 7.07. The summed E-state index contributed by atoms with van der Waals surface area (Å²) in [5.74, 6) is 0.